The molecule has 19 heavy (non-hydrogen) atoms. The summed E-state index contributed by atoms with van der Waals surface area (Å²) in [6, 6.07) is 13.7. The molecule has 2 rings (SSSR count). The topological polar surface area (TPSA) is 26.3 Å². The third kappa shape index (κ3) is 2.99. The van der Waals surface area contributed by atoms with Gasteiger partial charge in [-0.3, -0.25) is 0 Å². The van der Waals surface area contributed by atoms with E-state index in [0.717, 1.165) is 5.56 Å². The summed E-state index contributed by atoms with van der Waals surface area (Å²) in [4.78, 5) is 11.4. The first-order chi connectivity index (χ1) is 9.22. The zero-order valence-corrected chi connectivity index (χ0v) is 10.3. The molecule has 3 heteroatoms. The van der Waals surface area contributed by atoms with Gasteiger partial charge in [0.25, 0.3) is 0 Å². The Labute approximate surface area is 110 Å². The molecule has 0 unspecified atom stereocenters. The van der Waals surface area contributed by atoms with Crippen LogP contribution in [0.5, 0.6) is 0 Å². The zero-order valence-electron chi connectivity index (χ0n) is 10.3. The van der Waals surface area contributed by atoms with Crippen LogP contribution in [0.3, 0.4) is 0 Å². The van der Waals surface area contributed by atoms with Crippen LogP contribution in [0.15, 0.2) is 48.5 Å². The lowest BCUT2D eigenvalue weighted by molar-refractivity contribution is 0.0595. The minimum absolute atomic E-state index is 0.109. The van der Waals surface area contributed by atoms with Gasteiger partial charge in [-0.2, -0.15) is 0 Å². The molecule has 0 saturated heterocycles. The number of halogens is 1. The maximum absolute atomic E-state index is 14.0. The van der Waals surface area contributed by atoms with Crippen molar-refractivity contribution in [3.63, 3.8) is 0 Å². The predicted molar refractivity (Wildman–Crippen MR) is 70.2 cm³/mol. The highest BCUT2D eigenvalue weighted by Gasteiger charge is 2.13. The molecular formula is C16H11FO2. The Morgan fingerprint density at radius 3 is 2.47 bits per heavy atom. The number of carbonyl (C=O) groups excluding carboxylic acids is 1. The number of esters is 1. The SMILES string of the molecule is COC(=O)c1cccc(C#Cc2ccccc2)c1F. The monoisotopic (exact) mass is 254 g/mol. The number of carbonyl (C=O) groups is 1. The van der Waals surface area contributed by atoms with Gasteiger partial charge in [-0.1, -0.05) is 36.1 Å². The molecule has 2 aromatic carbocycles. The number of methoxy groups -OCH3 is 1. The van der Waals surface area contributed by atoms with Crippen LogP contribution in [0, 0.1) is 17.7 Å². The van der Waals surface area contributed by atoms with Crippen LogP contribution < -0.4 is 0 Å². The summed E-state index contributed by atoms with van der Waals surface area (Å²) in [5.41, 5.74) is 0.847. The van der Waals surface area contributed by atoms with E-state index < -0.39 is 11.8 Å². The molecule has 2 nitrogen and oxygen atoms in total. The van der Waals surface area contributed by atoms with Crippen molar-refractivity contribution >= 4 is 5.97 Å². The Kier molecular flexibility index (Phi) is 3.94. The average Bonchev–Trinajstić information content (AvgIpc) is 2.46. The molecule has 2 aromatic rings. The fourth-order valence-corrected chi connectivity index (χ4v) is 1.56. The fraction of sp³-hybridized carbons (Fsp3) is 0.0625. The van der Waals surface area contributed by atoms with Crippen LogP contribution in [0.25, 0.3) is 0 Å². The van der Waals surface area contributed by atoms with Crippen molar-refractivity contribution in [2.75, 3.05) is 7.11 Å². The van der Waals surface area contributed by atoms with Gasteiger partial charge in [-0.05, 0) is 24.3 Å². The second-order valence-corrected chi connectivity index (χ2v) is 3.77. The van der Waals surface area contributed by atoms with Gasteiger partial charge in [0.15, 0.2) is 5.82 Å². The Balaban J connectivity index is 2.37. The highest BCUT2D eigenvalue weighted by atomic mass is 19.1. The first-order valence-electron chi connectivity index (χ1n) is 5.66. The Morgan fingerprint density at radius 1 is 1.05 bits per heavy atom. The number of hydrogen-bond donors (Lipinski definition) is 0. The van der Waals surface area contributed by atoms with Crippen LogP contribution >= 0.6 is 0 Å². The van der Waals surface area contributed by atoms with E-state index >= 15 is 0 Å². The number of benzene rings is 2. The van der Waals surface area contributed by atoms with E-state index in [1.807, 2.05) is 30.3 Å². The minimum Gasteiger partial charge on any atom is -0.465 e. The lowest BCUT2D eigenvalue weighted by Gasteiger charge is -2.02. The molecule has 0 bridgehead atoms. The summed E-state index contributed by atoms with van der Waals surface area (Å²) in [6.07, 6.45) is 0. The molecule has 0 fully saturated rings. The Bertz CT molecular complexity index is 651. The van der Waals surface area contributed by atoms with Crippen molar-refractivity contribution in [2.24, 2.45) is 0 Å². The fourth-order valence-electron chi connectivity index (χ4n) is 1.56. The standard InChI is InChI=1S/C16H11FO2/c1-19-16(18)14-9-5-8-13(15(14)17)11-10-12-6-3-2-4-7-12/h2-9H,1H3. The lowest BCUT2D eigenvalue weighted by Crippen LogP contribution is -2.05. The molecule has 0 radical (unpaired) electrons. The van der Waals surface area contributed by atoms with E-state index in [-0.39, 0.29) is 11.1 Å². The molecule has 0 aliphatic rings. The zero-order chi connectivity index (χ0) is 13.7. The van der Waals surface area contributed by atoms with E-state index in [1.165, 1.54) is 19.2 Å². The smallest absolute Gasteiger partial charge is 0.340 e. The summed E-state index contributed by atoms with van der Waals surface area (Å²) in [7, 11) is 1.21. The van der Waals surface area contributed by atoms with E-state index in [4.69, 9.17) is 0 Å². The average molecular weight is 254 g/mol. The Morgan fingerprint density at radius 2 is 1.79 bits per heavy atom. The number of rotatable bonds is 1. The molecule has 0 spiro atoms. The number of ether oxygens (including phenoxy) is 1. The van der Waals surface area contributed by atoms with Gasteiger partial charge >= 0.3 is 5.97 Å². The minimum atomic E-state index is -0.708. The summed E-state index contributed by atoms with van der Waals surface area (Å²) in [5, 5.41) is 0. The quantitative estimate of drug-likeness (QED) is 0.577. The largest absolute Gasteiger partial charge is 0.465 e. The number of hydrogen-bond acceptors (Lipinski definition) is 2. The maximum Gasteiger partial charge on any atom is 0.340 e. The van der Waals surface area contributed by atoms with Gasteiger partial charge in [0, 0.05) is 5.56 Å². The van der Waals surface area contributed by atoms with Crippen molar-refractivity contribution in [1.82, 2.24) is 0 Å². The maximum atomic E-state index is 14.0. The highest BCUT2D eigenvalue weighted by Crippen LogP contribution is 2.13. The van der Waals surface area contributed by atoms with Crippen LogP contribution in [-0.4, -0.2) is 13.1 Å². The van der Waals surface area contributed by atoms with Gasteiger partial charge < -0.3 is 4.74 Å². The van der Waals surface area contributed by atoms with Crippen LogP contribution in [0.2, 0.25) is 0 Å². The molecule has 0 saturated carbocycles. The third-order valence-corrected chi connectivity index (χ3v) is 2.52. The van der Waals surface area contributed by atoms with Gasteiger partial charge in [0.2, 0.25) is 0 Å². The molecule has 0 amide bonds. The van der Waals surface area contributed by atoms with Crippen LogP contribution in [0.4, 0.5) is 4.39 Å². The third-order valence-electron chi connectivity index (χ3n) is 2.52. The molecule has 0 aromatic heterocycles. The molecule has 0 aliphatic carbocycles. The molecule has 94 valence electrons. The highest BCUT2D eigenvalue weighted by molar-refractivity contribution is 5.90. The molecule has 0 aliphatic heterocycles. The van der Waals surface area contributed by atoms with Gasteiger partial charge in [-0.25, -0.2) is 9.18 Å². The van der Waals surface area contributed by atoms with Crippen molar-refractivity contribution in [3.05, 3.63) is 71.0 Å². The van der Waals surface area contributed by atoms with Crippen LogP contribution in [0.1, 0.15) is 21.5 Å². The predicted octanol–water partition coefficient (Wildman–Crippen LogP) is 3.01. The molecule has 0 atom stereocenters. The first kappa shape index (κ1) is 12.8. The molecule has 0 N–H and O–H groups in total. The molecular weight excluding hydrogens is 243 g/mol. The second kappa shape index (κ2) is 5.83. The Hall–Kier alpha value is -2.60. The molecule has 0 heterocycles. The van der Waals surface area contributed by atoms with Gasteiger partial charge in [-0.15, -0.1) is 0 Å². The summed E-state index contributed by atoms with van der Waals surface area (Å²) in [5.74, 6) is 4.20. The first-order valence-corrected chi connectivity index (χ1v) is 5.66. The van der Waals surface area contributed by atoms with Crippen molar-refractivity contribution in [3.8, 4) is 11.8 Å². The second-order valence-electron chi connectivity index (χ2n) is 3.77. The van der Waals surface area contributed by atoms with Gasteiger partial charge in [0.05, 0.1) is 18.2 Å². The summed E-state index contributed by atoms with van der Waals surface area (Å²) in [6.45, 7) is 0. The normalized spacial score (nSPS) is 9.37. The van der Waals surface area contributed by atoms with Crippen molar-refractivity contribution < 1.29 is 13.9 Å². The van der Waals surface area contributed by atoms with Crippen molar-refractivity contribution in [2.45, 2.75) is 0 Å². The summed E-state index contributed by atoms with van der Waals surface area (Å²) >= 11 is 0. The van der Waals surface area contributed by atoms with E-state index in [0.29, 0.717) is 0 Å². The summed E-state index contributed by atoms with van der Waals surface area (Å²) < 4.78 is 18.5. The lowest BCUT2D eigenvalue weighted by atomic mass is 10.1. The van der Waals surface area contributed by atoms with Crippen molar-refractivity contribution in [1.29, 1.82) is 0 Å². The van der Waals surface area contributed by atoms with E-state index in [1.54, 1.807) is 6.07 Å². The van der Waals surface area contributed by atoms with Gasteiger partial charge in [0.1, 0.15) is 0 Å². The van der Waals surface area contributed by atoms with E-state index in [2.05, 4.69) is 16.6 Å². The van der Waals surface area contributed by atoms with Crippen LogP contribution in [-0.2, 0) is 4.74 Å². The van der Waals surface area contributed by atoms with E-state index in [9.17, 15) is 9.18 Å².